The molecular weight excluding hydrogens is 374 g/mol. The van der Waals surface area contributed by atoms with Crippen molar-refractivity contribution in [3.63, 3.8) is 0 Å². The third-order valence-corrected chi connectivity index (χ3v) is 5.34. The van der Waals surface area contributed by atoms with Gasteiger partial charge in [0.05, 0.1) is 18.5 Å². The zero-order chi connectivity index (χ0) is 21.5. The average Bonchev–Trinajstić information content (AvgIpc) is 3.17. The van der Waals surface area contributed by atoms with Gasteiger partial charge in [0.1, 0.15) is 5.69 Å². The van der Waals surface area contributed by atoms with Crippen LogP contribution in [0.2, 0.25) is 0 Å². The van der Waals surface area contributed by atoms with E-state index in [1.165, 1.54) is 0 Å². The first-order valence-corrected chi connectivity index (χ1v) is 10.7. The summed E-state index contributed by atoms with van der Waals surface area (Å²) in [5.74, 6) is 0.846. The smallest absolute Gasteiger partial charge is 0.232 e. The van der Waals surface area contributed by atoms with Gasteiger partial charge in [-0.2, -0.15) is 0 Å². The van der Waals surface area contributed by atoms with Gasteiger partial charge in [-0.25, -0.2) is 0 Å². The summed E-state index contributed by atoms with van der Waals surface area (Å²) in [5, 5.41) is 4.40. The molecule has 5 nitrogen and oxygen atoms in total. The Morgan fingerprint density at radius 2 is 1.57 bits per heavy atom. The Labute approximate surface area is 179 Å². The standard InChI is InChI=1S/C25H31N3O2/c1-5-27(6-2)25-22(24(26-30-25)21-15-11-8-12-16-21)18-28(19(3)4)23(29)17-20-13-9-7-10-14-20/h7-16,19H,5-6,17-18H2,1-4H3. The highest BCUT2D eigenvalue weighted by molar-refractivity contribution is 5.80. The average molecular weight is 406 g/mol. The second-order valence-corrected chi connectivity index (χ2v) is 7.63. The Bertz CT molecular complexity index is 932. The summed E-state index contributed by atoms with van der Waals surface area (Å²) in [6, 6.07) is 20.0. The van der Waals surface area contributed by atoms with Crippen LogP contribution in [0.4, 0.5) is 5.88 Å². The fourth-order valence-corrected chi connectivity index (χ4v) is 3.63. The molecule has 0 atom stereocenters. The minimum Gasteiger partial charge on any atom is -0.341 e. The molecule has 3 rings (SSSR count). The second kappa shape index (κ2) is 10.1. The molecule has 1 amide bonds. The summed E-state index contributed by atoms with van der Waals surface area (Å²) in [6.07, 6.45) is 0.381. The van der Waals surface area contributed by atoms with Crippen LogP contribution >= 0.6 is 0 Å². The van der Waals surface area contributed by atoms with Gasteiger partial charge in [0.15, 0.2) is 0 Å². The van der Waals surface area contributed by atoms with Crippen molar-refractivity contribution in [3.05, 3.63) is 71.8 Å². The maximum atomic E-state index is 13.2. The summed E-state index contributed by atoms with van der Waals surface area (Å²) in [4.78, 5) is 17.3. The number of hydrogen-bond donors (Lipinski definition) is 0. The third-order valence-electron chi connectivity index (χ3n) is 5.34. The number of hydrogen-bond acceptors (Lipinski definition) is 4. The van der Waals surface area contributed by atoms with E-state index in [9.17, 15) is 4.79 Å². The van der Waals surface area contributed by atoms with Gasteiger partial charge in [0, 0.05) is 24.7 Å². The molecule has 0 N–H and O–H groups in total. The first-order valence-electron chi connectivity index (χ1n) is 10.7. The van der Waals surface area contributed by atoms with E-state index >= 15 is 0 Å². The maximum Gasteiger partial charge on any atom is 0.232 e. The largest absolute Gasteiger partial charge is 0.341 e. The normalized spacial score (nSPS) is 11.0. The number of amides is 1. The van der Waals surface area contributed by atoms with Crippen LogP contribution in [0.15, 0.2) is 65.2 Å². The molecule has 0 spiro atoms. The lowest BCUT2D eigenvalue weighted by Crippen LogP contribution is -2.38. The van der Waals surface area contributed by atoms with E-state index in [-0.39, 0.29) is 11.9 Å². The fourth-order valence-electron chi connectivity index (χ4n) is 3.63. The third kappa shape index (κ3) is 4.90. The Morgan fingerprint density at radius 3 is 2.13 bits per heavy atom. The first-order chi connectivity index (χ1) is 14.5. The monoisotopic (exact) mass is 405 g/mol. The van der Waals surface area contributed by atoms with Gasteiger partial charge >= 0.3 is 0 Å². The molecule has 0 saturated heterocycles. The molecule has 0 unspecified atom stereocenters. The molecule has 0 aliphatic rings. The van der Waals surface area contributed by atoms with Crippen LogP contribution in [0.1, 0.15) is 38.8 Å². The molecule has 30 heavy (non-hydrogen) atoms. The van der Waals surface area contributed by atoms with Crippen LogP contribution < -0.4 is 4.90 Å². The van der Waals surface area contributed by atoms with Gasteiger partial charge in [0.25, 0.3) is 0 Å². The van der Waals surface area contributed by atoms with Crippen LogP contribution in [0.3, 0.4) is 0 Å². The van der Waals surface area contributed by atoms with E-state index in [0.717, 1.165) is 41.4 Å². The fraction of sp³-hybridized carbons (Fsp3) is 0.360. The molecular formula is C25H31N3O2. The van der Waals surface area contributed by atoms with Crippen LogP contribution in [-0.2, 0) is 17.8 Å². The first kappa shape index (κ1) is 21.6. The van der Waals surface area contributed by atoms with Crippen LogP contribution in [0, 0.1) is 0 Å². The molecule has 0 radical (unpaired) electrons. The van der Waals surface area contributed by atoms with Gasteiger partial charge < -0.3 is 14.3 Å². The highest BCUT2D eigenvalue weighted by Gasteiger charge is 2.26. The predicted octanol–water partition coefficient (Wildman–Crippen LogP) is 5.17. The minimum absolute atomic E-state index is 0.0595. The van der Waals surface area contributed by atoms with Crippen molar-refractivity contribution in [2.45, 2.75) is 46.7 Å². The van der Waals surface area contributed by atoms with E-state index < -0.39 is 0 Å². The van der Waals surface area contributed by atoms with Crippen molar-refractivity contribution in [1.29, 1.82) is 0 Å². The van der Waals surface area contributed by atoms with Crippen molar-refractivity contribution in [2.75, 3.05) is 18.0 Å². The van der Waals surface area contributed by atoms with Crippen molar-refractivity contribution in [3.8, 4) is 11.3 Å². The molecule has 0 aliphatic carbocycles. The van der Waals surface area contributed by atoms with Gasteiger partial charge in [-0.05, 0) is 33.3 Å². The number of carbonyl (C=O) groups excluding carboxylic acids is 1. The molecule has 0 bridgehead atoms. The van der Waals surface area contributed by atoms with Crippen molar-refractivity contribution >= 4 is 11.8 Å². The number of aromatic nitrogens is 1. The van der Waals surface area contributed by atoms with E-state index in [1.807, 2.05) is 65.6 Å². The van der Waals surface area contributed by atoms with E-state index in [4.69, 9.17) is 4.52 Å². The zero-order valence-electron chi connectivity index (χ0n) is 18.3. The number of benzene rings is 2. The lowest BCUT2D eigenvalue weighted by Gasteiger charge is -2.28. The minimum atomic E-state index is 0.0595. The van der Waals surface area contributed by atoms with Crippen molar-refractivity contribution < 1.29 is 9.32 Å². The maximum absolute atomic E-state index is 13.2. The molecule has 5 heteroatoms. The van der Waals surface area contributed by atoms with Crippen molar-refractivity contribution in [1.82, 2.24) is 10.1 Å². The number of anilines is 1. The van der Waals surface area contributed by atoms with Crippen LogP contribution in [0.5, 0.6) is 0 Å². The van der Waals surface area contributed by atoms with Gasteiger partial charge in [-0.3, -0.25) is 4.79 Å². The summed E-state index contributed by atoms with van der Waals surface area (Å²) in [5.41, 5.74) is 3.77. The van der Waals surface area contributed by atoms with Gasteiger partial charge in [-0.1, -0.05) is 65.8 Å². The van der Waals surface area contributed by atoms with E-state index in [2.05, 4.69) is 37.8 Å². The van der Waals surface area contributed by atoms with Gasteiger partial charge in [0.2, 0.25) is 11.8 Å². The SMILES string of the molecule is CCN(CC)c1onc(-c2ccccc2)c1CN(C(=O)Cc1ccccc1)C(C)C. The number of rotatable bonds is 9. The molecule has 0 saturated carbocycles. The molecule has 1 heterocycles. The predicted molar refractivity (Wildman–Crippen MR) is 121 cm³/mol. The van der Waals surface area contributed by atoms with E-state index in [1.54, 1.807) is 0 Å². The lowest BCUT2D eigenvalue weighted by molar-refractivity contribution is -0.132. The second-order valence-electron chi connectivity index (χ2n) is 7.63. The Hall–Kier alpha value is -3.08. The summed E-state index contributed by atoms with van der Waals surface area (Å²) in [6.45, 7) is 10.4. The highest BCUT2D eigenvalue weighted by Crippen LogP contribution is 2.33. The number of carbonyl (C=O) groups is 1. The van der Waals surface area contributed by atoms with Crippen LogP contribution in [-0.4, -0.2) is 35.1 Å². The summed E-state index contributed by atoms with van der Waals surface area (Å²) >= 11 is 0. The Kier molecular flexibility index (Phi) is 7.28. The van der Waals surface area contributed by atoms with Gasteiger partial charge in [-0.15, -0.1) is 0 Å². The topological polar surface area (TPSA) is 49.6 Å². The van der Waals surface area contributed by atoms with E-state index in [0.29, 0.717) is 13.0 Å². The zero-order valence-corrected chi connectivity index (χ0v) is 18.3. The summed E-state index contributed by atoms with van der Waals surface area (Å²) < 4.78 is 5.81. The Balaban J connectivity index is 1.96. The number of nitrogens with zero attached hydrogens (tertiary/aromatic N) is 3. The highest BCUT2D eigenvalue weighted by atomic mass is 16.5. The Morgan fingerprint density at radius 1 is 0.967 bits per heavy atom. The summed E-state index contributed by atoms with van der Waals surface area (Å²) in [7, 11) is 0. The van der Waals surface area contributed by atoms with Crippen molar-refractivity contribution in [2.24, 2.45) is 0 Å². The molecule has 0 aliphatic heterocycles. The quantitative estimate of drug-likeness (QED) is 0.493. The lowest BCUT2D eigenvalue weighted by atomic mass is 10.1. The van der Waals surface area contributed by atoms with Crippen LogP contribution in [0.25, 0.3) is 11.3 Å². The molecule has 2 aromatic carbocycles. The molecule has 3 aromatic rings. The molecule has 1 aromatic heterocycles. The molecule has 0 fully saturated rings. The molecule has 158 valence electrons.